The van der Waals surface area contributed by atoms with Crippen LogP contribution in [0.25, 0.3) is 0 Å². The van der Waals surface area contributed by atoms with E-state index >= 15 is 0 Å². The first-order chi connectivity index (χ1) is 12.6. The van der Waals surface area contributed by atoms with Crippen LogP contribution in [-0.4, -0.2) is 50.5 Å². The number of halogens is 3. The molecule has 3 N–H and O–H groups in total. The summed E-state index contributed by atoms with van der Waals surface area (Å²) < 4.78 is 34.0. The minimum absolute atomic E-state index is 0. The lowest BCUT2D eigenvalue weighted by Gasteiger charge is -2.14. The largest absolute Gasteiger partial charge is 0.435 e. The number of alkyl halides is 2. The van der Waals surface area contributed by atoms with Crippen LogP contribution in [0.1, 0.15) is 38.4 Å². The highest BCUT2D eigenvalue weighted by molar-refractivity contribution is 14.0. The molecule has 27 heavy (non-hydrogen) atoms. The Bertz CT molecular complexity index is 519. The summed E-state index contributed by atoms with van der Waals surface area (Å²) in [6.45, 7) is 3.98. The Morgan fingerprint density at radius 3 is 2.44 bits per heavy atom. The third-order valence-electron chi connectivity index (χ3n) is 3.44. The zero-order valence-electron chi connectivity index (χ0n) is 15.8. The van der Waals surface area contributed by atoms with Gasteiger partial charge < -0.3 is 25.2 Å². The van der Waals surface area contributed by atoms with Crippen molar-refractivity contribution in [3.05, 3.63) is 29.8 Å². The molecule has 0 spiro atoms. The first-order valence-corrected chi connectivity index (χ1v) is 8.89. The fourth-order valence-electron chi connectivity index (χ4n) is 2.09. The molecule has 1 atom stereocenters. The lowest BCUT2D eigenvalue weighted by molar-refractivity contribution is -0.0498. The topological polar surface area (TPSA) is 75.1 Å². The van der Waals surface area contributed by atoms with Crippen molar-refractivity contribution in [1.82, 2.24) is 10.6 Å². The smallest absolute Gasteiger partial charge is 0.387 e. The summed E-state index contributed by atoms with van der Waals surface area (Å²) in [5.74, 6) is 0.640. The van der Waals surface area contributed by atoms with E-state index in [0.717, 1.165) is 19.4 Å². The summed E-state index contributed by atoms with van der Waals surface area (Å²) in [6.07, 6.45) is 1.30. The fourth-order valence-corrected chi connectivity index (χ4v) is 2.09. The molecule has 0 aromatic heterocycles. The standard InChI is InChI=1S/C18H29F2N3O3.HI/c1-3-5-11-25-12-10-22-18(21-4-2)23-13-16(24)14-6-8-15(9-7-14)26-17(19)20;/h6-9,16-17,24H,3-5,10-13H2,1-2H3,(H2,21,22,23);1H. The average molecular weight is 501 g/mol. The summed E-state index contributed by atoms with van der Waals surface area (Å²) in [4.78, 5) is 4.33. The summed E-state index contributed by atoms with van der Waals surface area (Å²) in [5, 5.41) is 16.4. The first kappa shape index (κ1) is 25.8. The van der Waals surface area contributed by atoms with Crippen molar-refractivity contribution < 1.29 is 23.4 Å². The van der Waals surface area contributed by atoms with Crippen LogP contribution in [0.3, 0.4) is 0 Å². The Morgan fingerprint density at radius 1 is 1.15 bits per heavy atom. The number of aliphatic hydroxyl groups excluding tert-OH is 1. The maximum Gasteiger partial charge on any atom is 0.387 e. The van der Waals surface area contributed by atoms with Gasteiger partial charge in [-0.25, -0.2) is 0 Å². The molecule has 1 aromatic carbocycles. The van der Waals surface area contributed by atoms with Gasteiger partial charge in [0.1, 0.15) is 5.75 Å². The van der Waals surface area contributed by atoms with E-state index in [1.54, 1.807) is 12.1 Å². The Balaban J connectivity index is 0.00000676. The zero-order valence-corrected chi connectivity index (χ0v) is 18.1. The number of rotatable bonds is 12. The molecule has 0 radical (unpaired) electrons. The molecule has 0 aliphatic carbocycles. The molecule has 6 nitrogen and oxygen atoms in total. The van der Waals surface area contributed by atoms with Crippen molar-refractivity contribution >= 4 is 29.9 Å². The number of benzene rings is 1. The number of hydrogen-bond acceptors (Lipinski definition) is 4. The lowest BCUT2D eigenvalue weighted by Crippen LogP contribution is -2.39. The van der Waals surface area contributed by atoms with Crippen LogP contribution in [-0.2, 0) is 4.74 Å². The monoisotopic (exact) mass is 501 g/mol. The molecule has 0 saturated heterocycles. The highest BCUT2D eigenvalue weighted by Crippen LogP contribution is 2.19. The quantitative estimate of drug-likeness (QED) is 0.177. The minimum atomic E-state index is -2.87. The molecule has 0 amide bonds. The number of guanidine groups is 1. The van der Waals surface area contributed by atoms with Gasteiger partial charge in [-0.15, -0.1) is 24.0 Å². The third kappa shape index (κ3) is 12.0. The van der Waals surface area contributed by atoms with Gasteiger partial charge in [0.05, 0.1) is 19.3 Å². The predicted molar refractivity (Wildman–Crippen MR) is 113 cm³/mol. The molecule has 0 fully saturated rings. The van der Waals surface area contributed by atoms with Gasteiger partial charge in [0.2, 0.25) is 0 Å². The molecule has 0 aliphatic heterocycles. The van der Waals surface area contributed by atoms with Crippen LogP contribution in [0.15, 0.2) is 29.3 Å². The van der Waals surface area contributed by atoms with Gasteiger partial charge in [-0.1, -0.05) is 25.5 Å². The number of aliphatic imine (C=N–C) groups is 1. The highest BCUT2D eigenvalue weighted by Gasteiger charge is 2.09. The van der Waals surface area contributed by atoms with Gasteiger partial charge in [0.15, 0.2) is 5.96 Å². The summed E-state index contributed by atoms with van der Waals surface area (Å²) >= 11 is 0. The number of nitrogens with zero attached hydrogens (tertiary/aromatic N) is 1. The molecule has 1 aromatic rings. The summed E-state index contributed by atoms with van der Waals surface area (Å²) in [5.41, 5.74) is 0.578. The molecule has 156 valence electrons. The zero-order chi connectivity index (χ0) is 19.2. The van der Waals surface area contributed by atoms with Gasteiger partial charge in [0.25, 0.3) is 0 Å². The van der Waals surface area contributed by atoms with Gasteiger partial charge in [-0.05, 0) is 31.0 Å². The van der Waals surface area contributed by atoms with Crippen LogP contribution in [0.5, 0.6) is 5.75 Å². The van der Waals surface area contributed by atoms with Crippen molar-refractivity contribution in [2.75, 3.05) is 32.8 Å². The molecule has 0 saturated carbocycles. The van der Waals surface area contributed by atoms with Crippen molar-refractivity contribution in [2.45, 2.75) is 39.4 Å². The number of unbranched alkanes of at least 4 members (excludes halogenated alkanes) is 1. The molecule has 1 rings (SSSR count). The van der Waals surface area contributed by atoms with Crippen LogP contribution in [0.4, 0.5) is 8.78 Å². The van der Waals surface area contributed by atoms with E-state index in [1.165, 1.54) is 12.1 Å². The van der Waals surface area contributed by atoms with Gasteiger partial charge >= 0.3 is 6.61 Å². The number of aliphatic hydroxyl groups is 1. The second-order valence-corrected chi connectivity index (χ2v) is 5.58. The second-order valence-electron chi connectivity index (χ2n) is 5.58. The highest BCUT2D eigenvalue weighted by atomic mass is 127. The van der Waals surface area contributed by atoms with Gasteiger partial charge in [-0.2, -0.15) is 8.78 Å². The Kier molecular flexibility index (Phi) is 15.1. The van der Waals surface area contributed by atoms with Crippen LogP contribution < -0.4 is 15.4 Å². The maximum absolute atomic E-state index is 12.1. The molecule has 0 heterocycles. The molecule has 0 bridgehead atoms. The molecular formula is C18H30F2IN3O3. The van der Waals surface area contributed by atoms with E-state index in [4.69, 9.17) is 4.74 Å². The fraction of sp³-hybridized carbons (Fsp3) is 0.611. The number of nitrogens with one attached hydrogen (secondary N) is 2. The predicted octanol–water partition coefficient (Wildman–Crippen LogP) is 3.31. The van der Waals surface area contributed by atoms with E-state index in [0.29, 0.717) is 31.2 Å². The van der Waals surface area contributed by atoms with Gasteiger partial charge in [-0.3, -0.25) is 4.99 Å². The van der Waals surface area contributed by atoms with Crippen LogP contribution in [0.2, 0.25) is 0 Å². The Labute approximate surface area is 176 Å². The van der Waals surface area contributed by atoms with E-state index in [9.17, 15) is 13.9 Å². The number of ether oxygens (including phenoxy) is 2. The molecule has 9 heteroatoms. The van der Waals surface area contributed by atoms with Crippen molar-refractivity contribution in [3.63, 3.8) is 0 Å². The average Bonchev–Trinajstić information content (AvgIpc) is 2.62. The SMILES string of the molecule is CCCCOCCNC(=NCC(O)c1ccc(OC(F)F)cc1)NCC.I. The minimum Gasteiger partial charge on any atom is -0.435 e. The Morgan fingerprint density at radius 2 is 1.85 bits per heavy atom. The van der Waals surface area contributed by atoms with Crippen molar-refractivity contribution in [3.8, 4) is 5.75 Å². The molecule has 0 aliphatic rings. The normalized spacial score (nSPS) is 12.4. The summed E-state index contributed by atoms with van der Waals surface area (Å²) in [7, 11) is 0. The maximum atomic E-state index is 12.1. The van der Waals surface area contributed by atoms with E-state index in [2.05, 4.69) is 27.3 Å². The van der Waals surface area contributed by atoms with Crippen molar-refractivity contribution in [1.29, 1.82) is 0 Å². The van der Waals surface area contributed by atoms with Crippen LogP contribution in [0, 0.1) is 0 Å². The molecular weight excluding hydrogens is 471 g/mol. The molecule has 1 unspecified atom stereocenters. The number of hydrogen-bond donors (Lipinski definition) is 3. The van der Waals surface area contributed by atoms with E-state index in [-0.39, 0.29) is 36.3 Å². The second kappa shape index (κ2) is 15.8. The Hall–Kier alpha value is -1.20. The third-order valence-corrected chi connectivity index (χ3v) is 3.44. The summed E-state index contributed by atoms with van der Waals surface area (Å²) in [6, 6.07) is 5.87. The van der Waals surface area contributed by atoms with Crippen LogP contribution >= 0.6 is 24.0 Å². The lowest BCUT2D eigenvalue weighted by atomic mass is 10.1. The van der Waals surface area contributed by atoms with Gasteiger partial charge in [0, 0.05) is 19.7 Å². The van der Waals surface area contributed by atoms with E-state index in [1.807, 2.05) is 6.92 Å². The first-order valence-electron chi connectivity index (χ1n) is 8.89. The van der Waals surface area contributed by atoms with Crippen molar-refractivity contribution in [2.24, 2.45) is 4.99 Å². The van der Waals surface area contributed by atoms with E-state index < -0.39 is 12.7 Å².